The van der Waals surface area contributed by atoms with E-state index in [4.69, 9.17) is 0 Å². The van der Waals surface area contributed by atoms with Crippen LogP contribution in [-0.2, 0) is 20.1 Å². The van der Waals surface area contributed by atoms with Gasteiger partial charge in [0.05, 0.1) is 24.5 Å². The SMILES string of the molecule is Cn1c(CNc2cccc(C(=O)NCc3ncccc3-n3cccn3)c2)nnc1-c1ccncn1. The van der Waals surface area contributed by atoms with Gasteiger partial charge in [-0.1, -0.05) is 6.07 Å². The molecule has 0 spiro atoms. The van der Waals surface area contributed by atoms with Crippen molar-refractivity contribution < 1.29 is 4.79 Å². The Bertz CT molecular complexity index is 1430. The molecule has 0 aliphatic heterocycles. The first-order valence-electron chi connectivity index (χ1n) is 10.9. The van der Waals surface area contributed by atoms with Crippen molar-refractivity contribution in [2.45, 2.75) is 13.1 Å². The van der Waals surface area contributed by atoms with Gasteiger partial charge in [-0.15, -0.1) is 10.2 Å². The maximum absolute atomic E-state index is 12.8. The molecular weight excluding hydrogens is 444 g/mol. The van der Waals surface area contributed by atoms with Gasteiger partial charge in [-0.3, -0.25) is 9.78 Å². The Hall–Kier alpha value is -4.93. The van der Waals surface area contributed by atoms with Crippen molar-refractivity contribution in [3.8, 4) is 17.2 Å². The summed E-state index contributed by atoms with van der Waals surface area (Å²) in [5.74, 6) is 1.19. The number of nitrogens with zero attached hydrogens (tertiary/aromatic N) is 8. The van der Waals surface area contributed by atoms with E-state index in [9.17, 15) is 4.79 Å². The molecule has 0 aliphatic rings. The van der Waals surface area contributed by atoms with Gasteiger partial charge < -0.3 is 15.2 Å². The molecule has 11 nitrogen and oxygen atoms in total. The lowest BCUT2D eigenvalue weighted by Crippen LogP contribution is -2.24. The summed E-state index contributed by atoms with van der Waals surface area (Å²) < 4.78 is 3.59. The minimum atomic E-state index is -0.199. The molecule has 0 aliphatic carbocycles. The van der Waals surface area contributed by atoms with Gasteiger partial charge in [0.15, 0.2) is 11.6 Å². The summed E-state index contributed by atoms with van der Waals surface area (Å²) in [7, 11) is 1.88. The molecule has 1 aromatic carbocycles. The molecule has 0 saturated carbocycles. The van der Waals surface area contributed by atoms with Crippen molar-refractivity contribution in [2.75, 3.05) is 5.32 Å². The van der Waals surface area contributed by atoms with Crippen LogP contribution in [0.2, 0.25) is 0 Å². The number of carbonyl (C=O) groups excluding carboxylic acids is 1. The lowest BCUT2D eigenvalue weighted by molar-refractivity contribution is 0.0950. The molecule has 0 radical (unpaired) electrons. The number of aromatic nitrogens is 8. The summed E-state index contributed by atoms with van der Waals surface area (Å²) in [5.41, 5.74) is 3.56. The van der Waals surface area contributed by atoms with E-state index >= 15 is 0 Å². The Labute approximate surface area is 200 Å². The first-order chi connectivity index (χ1) is 17.2. The fourth-order valence-electron chi connectivity index (χ4n) is 3.56. The minimum absolute atomic E-state index is 0.199. The van der Waals surface area contributed by atoms with Crippen LogP contribution in [0.4, 0.5) is 5.69 Å². The number of carbonyl (C=O) groups is 1. The molecule has 174 valence electrons. The summed E-state index contributed by atoms with van der Waals surface area (Å²) in [4.78, 5) is 25.4. The average molecular weight is 467 g/mol. The first kappa shape index (κ1) is 21.9. The topological polar surface area (TPSA) is 128 Å². The first-order valence-corrected chi connectivity index (χ1v) is 10.9. The summed E-state index contributed by atoms with van der Waals surface area (Å²) >= 11 is 0. The second-order valence-electron chi connectivity index (χ2n) is 7.63. The van der Waals surface area contributed by atoms with Gasteiger partial charge in [-0.05, 0) is 42.5 Å². The molecule has 4 aromatic heterocycles. The van der Waals surface area contributed by atoms with Gasteiger partial charge in [0.2, 0.25) is 0 Å². The van der Waals surface area contributed by atoms with Crippen LogP contribution in [0.25, 0.3) is 17.2 Å². The van der Waals surface area contributed by atoms with E-state index in [0.717, 1.165) is 22.9 Å². The van der Waals surface area contributed by atoms with E-state index in [1.807, 2.05) is 48.1 Å². The van der Waals surface area contributed by atoms with Crippen LogP contribution in [0, 0.1) is 0 Å². The highest BCUT2D eigenvalue weighted by Crippen LogP contribution is 2.16. The highest BCUT2D eigenvalue weighted by Gasteiger charge is 2.13. The van der Waals surface area contributed by atoms with Crippen molar-refractivity contribution in [3.63, 3.8) is 0 Å². The van der Waals surface area contributed by atoms with E-state index in [0.29, 0.717) is 23.6 Å². The summed E-state index contributed by atoms with van der Waals surface area (Å²) in [6, 6.07) is 14.7. The molecule has 0 fully saturated rings. The monoisotopic (exact) mass is 466 g/mol. The second-order valence-corrected chi connectivity index (χ2v) is 7.63. The Morgan fingerprint density at radius 3 is 2.74 bits per heavy atom. The second kappa shape index (κ2) is 9.91. The van der Waals surface area contributed by atoms with Crippen LogP contribution in [0.5, 0.6) is 0 Å². The fourth-order valence-corrected chi connectivity index (χ4v) is 3.56. The van der Waals surface area contributed by atoms with Crippen molar-refractivity contribution in [2.24, 2.45) is 7.05 Å². The molecule has 1 amide bonds. The molecule has 5 aromatic rings. The van der Waals surface area contributed by atoms with Crippen LogP contribution in [0.1, 0.15) is 21.9 Å². The number of amides is 1. The molecule has 0 unspecified atom stereocenters. The highest BCUT2D eigenvalue weighted by molar-refractivity contribution is 5.95. The Kier molecular flexibility index (Phi) is 6.20. The third-order valence-electron chi connectivity index (χ3n) is 5.39. The summed E-state index contributed by atoms with van der Waals surface area (Å²) in [6.07, 6.45) is 8.38. The predicted octanol–water partition coefficient (Wildman–Crippen LogP) is 2.39. The molecular formula is C24H22N10O. The smallest absolute Gasteiger partial charge is 0.251 e. The standard InChI is InChI=1S/C24H22N10O/c1-33-22(31-32-23(33)19-8-11-25-16-29-19)15-27-18-6-2-5-17(13-18)24(35)28-14-20-21(7-3-9-26-20)34-12-4-10-30-34/h2-13,16,27H,14-15H2,1H3,(H,28,35). The number of hydrogen-bond donors (Lipinski definition) is 2. The van der Waals surface area contributed by atoms with Gasteiger partial charge in [0.25, 0.3) is 5.91 Å². The molecule has 5 rings (SSSR count). The van der Waals surface area contributed by atoms with Crippen LogP contribution >= 0.6 is 0 Å². The zero-order chi connectivity index (χ0) is 24.0. The lowest BCUT2D eigenvalue weighted by atomic mass is 10.2. The van der Waals surface area contributed by atoms with Crippen molar-refractivity contribution in [1.82, 2.24) is 44.8 Å². The zero-order valence-corrected chi connectivity index (χ0v) is 18.9. The maximum atomic E-state index is 12.8. The van der Waals surface area contributed by atoms with E-state index < -0.39 is 0 Å². The van der Waals surface area contributed by atoms with Crippen LogP contribution in [-0.4, -0.2) is 45.4 Å². The third kappa shape index (κ3) is 4.88. The normalized spacial score (nSPS) is 10.8. The quantitative estimate of drug-likeness (QED) is 0.357. The molecule has 11 heteroatoms. The molecule has 35 heavy (non-hydrogen) atoms. The molecule has 0 saturated heterocycles. The number of anilines is 1. The van der Waals surface area contributed by atoms with Gasteiger partial charge >= 0.3 is 0 Å². The van der Waals surface area contributed by atoms with Gasteiger partial charge in [-0.25, -0.2) is 14.6 Å². The van der Waals surface area contributed by atoms with Gasteiger partial charge in [0.1, 0.15) is 12.0 Å². The zero-order valence-electron chi connectivity index (χ0n) is 18.9. The Morgan fingerprint density at radius 2 is 1.91 bits per heavy atom. The number of hydrogen-bond acceptors (Lipinski definition) is 8. The van der Waals surface area contributed by atoms with Crippen LogP contribution < -0.4 is 10.6 Å². The largest absolute Gasteiger partial charge is 0.378 e. The minimum Gasteiger partial charge on any atom is -0.378 e. The van der Waals surface area contributed by atoms with Gasteiger partial charge in [-0.2, -0.15) is 5.10 Å². The highest BCUT2D eigenvalue weighted by atomic mass is 16.1. The van der Waals surface area contributed by atoms with E-state index in [1.54, 1.807) is 41.5 Å². The number of pyridine rings is 1. The van der Waals surface area contributed by atoms with Crippen LogP contribution in [0.3, 0.4) is 0 Å². The average Bonchev–Trinajstić information content (AvgIpc) is 3.57. The summed E-state index contributed by atoms with van der Waals surface area (Å²) in [6.45, 7) is 0.706. The van der Waals surface area contributed by atoms with Gasteiger partial charge in [0, 0.05) is 43.1 Å². The van der Waals surface area contributed by atoms with Crippen LogP contribution in [0.15, 0.2) is 79.6 Å². The van der Waals surface area contributed by atoms with Crippen molar-refractivity contribution >= 4 is 11.6 Å². The molecule has 0 atom stereocenters. The van der Waals surface area contributed by atoms with Crippen molar-refractivity contribution in [1.29, 1.82) is 0 Å². The van der Waals surface area contributed by atoms with E-state index in [-0.39, 0.29) is 12.5 Å². The van der Waals surface area contributed by atoms with Crippen molar-refractivity contribution in [3.05, 3.63) is 96.7 Å². The van der Waals surface area contributed by atoms with E-state index in [2.05, 4.69) is 40.9 Å². The number of benzene rings is 1. The maximum Gasteiger partial charge on any atom is 0.251 e. The Morgan fingerprint density at radius 1 is 0.971 bits per heavy atom. The molecule has 0 bridgehead atoms. The number of nitrogens with one attached hydrogen (secondary N) is 2. The molecule has 2 N–H and O–H groups in total. The lowest BCUT2D eigenvalue weighted by Gasteiger charge is -2.11. The molecule has 4 heterocycles. The number of rotatable bonds is 8. The summed E-state index contributed by atoms with van der Waals surface area (Å²) in [5, 5.41) is 19.0. The predicted molar refractivity (Wildman–Crippen MR) is 128 cm³/mol. The van der Waals surface area contributed by atoms with E-state index in [1.165, 1.54) is 6.33 Å². The Balaban J connectivity index is 1.23. The fraction of sp³-hybridized carbons (Fsp3) is 0.125. The third-order valence-corrected chi connectivity index (χ3v) is 5.39.